The fourth-order valence-corrected chi connectivity index (χ4v) is 2.97. The molecule has 0 radical (unpaired) electrons. The van der Waals surface area contributed by atoms with Crippen molar-refractivity contribution in [3.05, 3.63) is 16.1 Å². The molecule has 19 heavy (non-hydrogen) atoms. The number of carboxylic acids is 1. The van der Waals surface area contributed by atoms with E-state index in [1.165, 1.54) is 5.01 Å². The zero-order valence-electron chi connectivity index (χ0n) is 11.2. The molecule has 1 aliphatic rings. The molecule has 0 bridgehead atoms. The van der Waals surface area contributed by atoms with Gasteiger partial charge in [0.1, 0.15) is 6.61 Å². The minimum Gasteiger partial charge on any atom is -0.480 e. The molecule has 5 nitrogen and oxygen atoms in total. The Morgan fingerprint density at radius 1 is 1.58 bits per heavy atom. The van der Waals surface area contributed by atoms with E-state index in [-0.39, 0.29) is 12.7 Å². The number of likely N-dealkylation sites (tertiary alicyclic amines) is 1. The Morgan fingerprint density at radius 2 is 2.32 bits per heavy atom. The lowest BCUT2D eigenvalue weighted by Crippen LogP contribution is -2.37. The maximum absolute atomic E-state index is 10.4. The molecular formula is C13H20N2O3S. The Balaban J connectivity index is 1.72. The van der Waals surface area contributed by atoms with Crippen molar-refractivity contribution in [1.82, 2.24) is 9.88 Å². The van der Waals surface area contributed by atoms with Crippen molar-refractivity contribution in [2.24, 2.45) is 0 Å². The number of carboxylic acid groups (broad SMARTS) is 1. The fourth-order valence-electron chi connectivity index (χ4n) is 2.24. The van der Waals surface area contributed by atoms with Gasteiger partial charge in [0.25, 0.3) is 0 Å². The summed E-state index contributed by atoms with van der Waals surface area (Å²) in [4.78, 5) is 17.4. The van der Waals surface area contributed by atoms with E-state index in [0.29, 0.717) is 0 Å². The predicted octanol–water partition coefficient (Wildman–Crippen LogP) is 1.77. The molecule has 6 heteroatoms. The summed E-state index contributed by atoms with van der Waals surface area (Å²) in [6.45, 7) is 4.72. The van der Waals surface area contributed by atoms with E-state index in [9.17, 15) is 4.79 Å². The van der Waals surface area contributed by atoms with Gasteiger partial charge in [-0.1, -0.05) is 6.92 Å². The summed E-state index contributed by atoms with van der Waals surface area (Å²) in [5.41, 5.74) is 1.15. The predicted molar refractivity (Wildman–Crippen MR) is 73.4 cm³/mol. The van der Waals surface area contributed by atoms with Crippen LogP contribution in [0.2, 0.25) is 0 Å². The average Bonchev–Trinajstić information content (AvgIpc) is 2.85. The lowest BCUT2D eigenvalue weighted by atomic mass is 10.1. The standard InChI is InChI=1S/C13H20N2O3S/c1-2-12-14-10(9-19-12)7-15-5-3-11(4-6-15)18-8-13(16)17/h9,11H,2-8H2,1H3,(H,16,17). The zero-order valence-corrected chi connectivity index (χ0v) is 12.0. The first-order chi connectivity index (χ1) is 9.17. The minimum absolute atomic E-state index is 0.0917. The van der Waals surface area contributed by atoms with Crippen molar-refractivity contribution in [3.8, 4) is 0 Å². The average molecular weight is 284 g/mol. The quantitative estimate of drug-likeness (QED) is 0.862. The first kappa shape index (κ1) is 14.4. The third kappa shape index (κ3) is 4.56. The van der Waals surface area contributed by atoms with Crippen LogP contribution >= 0.6 is 11.3 Å². The van der Waals surface area contributed by atoms with Crippen LogP contribution in [0.25, 0.3) is 0 Å². The van der Waals surface area contributed by atoms with Crippen LogP contribution in [0.5, 0.6) is 0 Å². The second kappa shape index (κ2) is 6.98. The number of rotatable bonds is 6. The molecule has 0 amide bonds. The molecule has 1 aliphatic heterocycles. The van der Waals surface area contributed by atoms with Gasteiger partial charge in [-0.15, -0.1) is 11.3 Å². The summed E-state index contributed by atoms with van der Waals surface area (Å²) in [6, 6.07) is 0. The molecule has 0 aromatic carbocycles. The SMILES string of the molecule is CCc1nc(CN2CCC(OCC(=O)O)CC2)cs1. The summed E-state index contributed by atoms with van der Waals surface area (Å²) >= 11 is 1.72. The Bertz CT molecular complexity index is 414. The molecule has 1 aromatic rings. The van der Waals surface area contributed by atoms with E-state index < -0.39 is 5.97 Å². The molecule has 0 unspecified atom stereocenters. The number of aliphatic carboxylic acids is 1. The van der Waals surface area contributed by atoms with Crippen LogP contribution in [0.15, 0.2) is 5.38 Å². The number of hydrogen-bond donors (Lipinski definition) is 1. The summed E-state index contributed by atoms with van der Waals surface area (Å²) in [6.07, 6.45) is 2.89. The Kier molecular flexibility index (Phi) is 5.30. The van der Waals surface area contributed by atoms with Crippen molar-refractivity contribution in [1.29, 1.82) is 0 Å². The molecule has 0 saturated carbocycles. The molecule has 1 saturated heterocycles. The normalized spacial score (nSPS) is 17.7. The molecule has 0 spiro atoms. The Labute approximate surface area is 117 Å². The van der Waals surface area contributed by atoms with E-state index >= 15 is 0 Å². The monoisotopic (exact) mass is 284 g/mol. The van der Waals surface area contributed by atoms with Crippen LogP contribution < -0.4 is 0 Å². The number of aryl methyl sites for hydroxylation is 1. The maximum Gasteiger partial charge on any atom is 0.329 e. The zero-order chi connectivity index (χ0) is 13.7. The number of hydrogen-bond acceptors (Lipinski definition) is 5. The van der Waals surface area contributed by atoms with Crippen LogP contribution in [0.3, 0.4) is 0 Å². The fraction of sp³-hybridized carbons (Fsp3) is 0.692. The van der Waals surface area contributed by atoms with Crippen LogP contribution in [-0.4, -0.2) is 46.8 Å². The van der Waals surface area contributed by atoms with Gasteiger partial charge in [-0.3, -0.25) is 4.90 Å². The first-order valence-corrected chi connectivity index (χ1v) is 7.54. The highest BCUT2D eigenvalue weighted by molar-refractivity contribution is 7.09. The lowest BCUT2D eigenvalue weighted by Gasteiger charge is -2.31. The van der Waals surface area contributed by atoms with Crippen LogP contribution in [0, 0.1) is 0 Å². The summed E-state index contributed by atoms with van der Waals surface area (Å²) in [7, 11) is 0. The number of ether oxygens (including phenoxy) is 1. The van der Waals surface area contributed by atoms with E-state index in [1.807, 2.05) is 0 Å². The lowest BCUT2D eigenvalue weighted by molar-refractivity contribution is -0.145. The largest absolute Gasteiger partial charge is 0.480 e. The van der Waals surface area contributed by atoms with E-state index in [1.54, 1.807) is 11.3 Å². The highest BCUT2D eigenvalue weighted by Gasteiger charge is 2.20. The molecule has 2 heterocycles. The summed E-state index contributed by atoms with van der Waals surface area (Å²) < 4.78 is 5.32. The summed E-state index contributed by atoms with van der Waals surface area (Å²) in [5, 5.41) is 11.9. The van der Waals surface area contributed by atoms with Crippen molar-refractivity contribution >= 4 is 17.3 Å². The third-order valence-corrected chi connectivity index (χ3v) is 4.31. The Morgan fingerprint density at radius 3 is 2.89 bits per heavy atom. The molecule has 106 valence electrons. The number of thiazole rings is 1. The minimum atomic E-state index is -0.892. The highest BCUT2D eigenvalue weighted by atomic mass is 32.1. The number of aromatic nitrogens is 1. The first-order valence-electron chi connectivity index (χ1n) is 6.66. The Hall–Kier alpha value is -0.980. The van der Waals surface area contributed by atoms with Crippen molar-refractivity contribution in [3.63, 3.8) is 0 Å². The van der Waals surface area contributed by atoms with Crippen LogP contribution in [-0.2, 0) is 22.5 Å². The van der Waals surface area contributed by atoms with Crippen LogP contribution in [0.4, 0.5) is 0 Å². The smallest absolute Gasteiger partial charge is 0.329 e. The molecular weight excluding hydrogens is 264 g/mol. The molecule has 1 fully saturated rings. The molecule has 2 rings (SSSR count). The second-order valence-electron chi connectivity index (χ2n) is 4.77. The highest BCUT2D eigenvalue weighted by Crippen LogP contribution is 2.17. The van der Waals surface area contributed by atoms with Gasteiger partial charge < -0.3 is 9.84 Å². The van der Waals surface area contributed by atoms with E-state index in [4.69, 9.17) is 9.84 Å². The maximum atomic E-state index is 10.4. The number of carbonyl (C=O) groups is 1. The van der Waals surface area contributed by atoms with Gasteiger partial charge in [0.15, 0.2) is 0 Å². The van der Waals surface area contributed by atoms with Crippen molar-refractivity contribution in [2.45, 2.75) is 38.8 Å². The van der Waals surface area contributed by atoms with Crippen LogP contribution in [0.1, 0.15) is 30.5 Å². The molecule has 0 aliphatic carbocycles. The van der Waals surface area contributed by atoms with Crippen molar-refractivity contribution in [2.75, 3.05) is 19.7 Å². The van der Waals surface area contributed by atoms with Gasteiger partial charge >= 0.3 is 5.97 Å². The van der Waals surface area contributed by atoms with Gasteiger partial charge in [-0.05, 0) is 19.3 Å². The molecule has 1 N–H and O–H groups in total. The molecule has 1 aromatic heterocycles. The third-order valence-electron chi connectivity index (χ3n) is 3.26. The van der Waals surface area contributed by atoms with E-state index in [2.05, 4.69) is 22.2 Å². The topological polar surface area (TPSA) is 62.7 Å². The van der Waals surface area contributed by atoms with Gasteiger partial charge in [0.05, 0.1) is 16.8 Å². The number of piperidine rings is 1. The van der Waals surface area contributed by atoms with Gasteiger partial charge in [0.2, 0.25) is 0 Å². The van der Waals surface area contributed by atoms with E-state index in [0.717, 1.165) is 44.6 Å². The van der Waals surface area contributed by atoms with Gasteiger partial charge in [-0.2, -0.15) is 0 Å². The van der Waals surface area contributed by atoms with Gasteiger partial charge in [-0.25, -0.2) is 9.78 Å². The summed E-state index contributed by atoms with van der Waals surface area (Å²) in [5.74, 6) is -0.892. The van der Waals surface area contributed by atoms with Crippen molar-refractivity contribution < 1.29 is 14.6 Å². The van der Waals surface area contributed by atoms with Gasteiger partial charge in [0, 0.05) is 25.0 Å². The second-order valence-corrected chi connectivity index (χ2v) is 5.71. The molecule has 0 atom stereocenters. The number of nitrogens with zero attached hydrogens (tertiary/aromatic N) is 2.